The molecule has 1 heterocycles. The van der Waals surface area contributed by atoms with Crippen LogP contribution >= 0.6 is 0 Å². The highest BCUT2D eigenvalue weighted by Gasteiger charge is 2.35. The summed E-state index contributed by atoms with van der Waals surface area (Å²) in [5.74, 6) is 0.727. The minimum atomic E-state index is -3.73. The normalized spacial score (nSPS) is 20.2. The number of aliphatic hydroxyl groups is 1. The molecular formula is C14H21NO5S. The molecule has 0 spiro atoms. The lowest BCUT2D eigenvalue weighted by molar-refractivity contribution is 0.155. The Morgan fingerprint density at radius 2 is 2.05 bits per heavy atom. The zero-order valence-electron chi connectivity index (χ0n) is 12.3. The Morgan fingerprint density at radius 1 is 1.29 bits per heavy atom. The molecule has 1 aliphatic heterocycles. The van der Waals surface area contributed by atoms with Crippen molar-refractivity contribution < 1.29 is 23.0 Å². The average Bonchev–Trinajstić information content (AvgIpc) is 2.54. The van der Waals surface area contributed by atoms with Crippen molar-refractivity contribution in [2.75, 3.05) is 27.4 Å². The number of rotatable bonds is 5. The average molecular weight is 315 g/mol. The van der Waals surface area contributed by atoms with E-state index in [0.717, 1.165) is 12.8 Å². The Balaban J connectivity index is 2.47. The molecule has 1 aromatic carbocycles. The lowest BCUT2D eigenvalue weighted by Crippen LogP contribution is -2.45. The van der Waals surface area contributed by atoms with Gasteiger partial charge in [0.1, 0.15) is 16.4 Å². The fourth-order valence-corrected chi connectivity index (χ4v) is 4.44. The van der Waals surface area contributed by atoms with E-state index in [2.05, 4.69) is 0 Å². The van der Waals surface area contributed by atoms with E-state index in [9.17, 15) is 13.5 Å². The molecule has 0 bridgehead atoms. The molecule has 1 aliphatic rings. The first-order valence-corrected chi connectivity index (χ1v) is 8.33. The standard InChI is InChI=1S/C14H21NO5S/c1-19-12-6-7-13(20-2)14(9-12)21(17,18)15-8-4-3-5-11(15)10-16/h6-7,9,11,16H,3-5,8,10H2,1-2H3. The first-order valence-electron chi connectivity index (χ1n) is 6.89. The molecule has 1 atom stereocenters. The number of ether oxygens (including phenoxy) is 2. The molecule has 1 fully saturated rings. The molecule has 0 saturated carbocycles. The van der Waals surface area contributed by atoms with Gasteiger partial charge in [-0.05, 0) is 25.0 Å². The first kappa shape index (κ1) is 16.1. The highest BCUT2D eigenvalue weighted by atomic mass is 32.2. The van der Waals surface area contributed by atoms with E-state index in [0.29, 0.717) is 18.7 Å². The van der Waals surface area contributed by atoms with Crippen molar-refractivity contribution in [3.05, 3.63) is 18.2 Å². The number of piperidine rings is 1. The molecular weight excluding hydrogens is 294 g/mol. The van der Waals surface area contributed by atoms with Gasteiger partial charge in [0.25, 0.3) is 0 Å². The third-order valence-corrected chi connectivity index (χ3v) is 5.71. The van der Waals surface area contributed by atoms with Crippen LogP contribution in [0.2, 0.25) is 0 Å². The van der Waals surface area contributed by atoms with Crippen LogP contribution in [0.25, 0.3) is 0 Å². The Bertz CT molecular complexity index is 587. The van der Waals surface area contributed by atoms with E-state index in [1.807, 2.05) is 0 Å². The number of aliphatic hydroxyl groups excluding tert-OH is 1. The van der Waals surface area contributed by atoms with Crippen molar-refractivity contribution in [1.29, 1.82) is 0 Å². The van der Waals surface area contributed by atoms with Crippen LogP contribution < -0.4 is 9.47 Å². The van der Waals surface area contributed by atoms with Gasteiger partial charge in [0.15, 0.2) is 0 Å². The molecule has 2 rings (SSSR count). The Hall–Kier alpha value is -1.31. The van der Waals surface area contributed by atoms with Gasteiger partial charge in [-0.1, -0.05) is 6.42 Å². The lowest BCUT2D eigenvalue weighted by Gasteiger charge is -2.33. The molecule has 7 heteroatoms. The Morgan fingerprint density at radius 3 is 2.67 bits per heavy atom. The quantitative estimate of drug-likeness (QED) is 0.885. The molecule has 6 nitrogen and oxygen atoms in total. The molecule has 0 aliphatic carbocycles. The summed E-state index contributed by atoms with van der Waals surface area (Å²) in [5.41, 5.74) is 0. The maximum atomic E-state index is 12.9. The molecule has 1 unspecified atom stereocenters. The van der Waals surface area contributed by atoms with Gasteiger partial charge in [-0.3, -0.25) is 0 Å². The second-order valence-corrected chi connectivity index (χ2v) is 6.82. The Kier molecular flexibility index (Phi) is 5.08. The number of methoxy groups -OCH3 is 2. The van der Waals surface area contributed by atoms with Crippen molar-refractivity contribution in [2.45, 2.75) is 30.2 Å². The van der Waals surface area contributed by atoms with Gasteiger partial charge in [-0.15, -0.1) is 0 Å². The molecule has 0 radical (unpaired) electrons. The molecule has 1 aromatic rings. The predicted octanol–water partition coefficient (Wildman–Crippen LogP) is 1.24. The number of hydrogen-bond donors (Lipinski definition) is 1. The smallest absolute Gasteiger partial charge is 0.247 e. The van der Waals surface area contributed by atoms with E-state index in [1.54, 1.807) is 12.1 Å². The van der Waals surface area contributed by atoms with Gasteiger partial charge in [-0.2, -0.15) is 4.31 Å². The van der Waals surface area contributed by atoms with Crippen LogP contribution in [0.15, 0.2) is 23.1 Å². The van der Waals surface area contributed by atoms with Gasteiger partial charge >= 0.3 is 0 Å². The van der Waals surface area contributed by atoms with Crippen molar-refractivity contribution in [3.8, 4) is 11.5 Å². The molecule has 1 N–H and O–H groups in total. The van der Waals surface area contributed by atoms with Crippen molar-refractivity contribution >= 4 is 10.0 Å². The van der Waals surface area contributed by atoms with Crippen LogP contribution in [-0.4, -0.2) is 51.2 Å². The number of hydrogen-bond acceptors (Lipinski definition) is 5. The minimum Gasteiger partial charge on any atom is -0.497 e. The highest BCUT2D eigenvalue weighted by molar-refractivity contribution is 7.89. The van der Waals surface area contributed by atoms with Crippen LogP contribution in [0, 0.1) is 0 Å². The molecule has 118 valence electrons. The van der Waals surface area contributed by atoms with Crippen LogP contribution in [-0.2, 0) is 10.0 Å². The predicted molar refractivity (Wildman–Crippen MR) is 78.2 cm³/mol. The Labute approximate surface area is 125 Å². The molecule has 21 heavy (non-hydrogen) atoms. The summed E-state index contributed by atoms with van der Waals surface area (Å²) in [7, 11) is -0.817. The largest absolute Gasteiger partial charge is 0.497 e. The fraction of sp³-hybridized carbons (Fsp3) is 0.571. The van der Waals surface area contributed by atoms with Gasteiger partial charge in [0.05, 0.1) is 20.8 Å². The third-order valence-electron chi connectivity index (χ3n) is 3.74. The van der Waals surface area contributed by atoms with E-state index in [-0.39, 0.29) is 23.3 Å². The zero-order valence-corrected chi connectivity index (χ0v) is 13.1. The second kappa shape index (κ2) is 6.64. The fourth-order valence-electron chi connectivity index (χ4n) is 2.58. The summed E-state index contributed by atoms with van der Waals surface area (Å²) in [6.07, 6.45) is 2.39. The molecule has 1 saturated heterocycles. The summed E-state index contributed by atoms with van der Waals surface area (Å²) in [5, 5.41) is 9.44. The van der Waals surface area contributed by atoms with Crippen molar-refractivity contribution in [2.24, 2.45) is 0 Å². The maximum absolute atomic E-state index is 12.9. The number of nitrogens with zero attached hydrogens (tertiary/aromatic N) is 1. The SMILES string of the molecule is COc1ccc(OC)c(S(=O)(=O)N2CCCCC2CO)c1. The zero-order chi connectivity index (χ0) is 15.5. The monoisotopic (exact) mass is 315 g/mol. The summed E-state index contributed by atoms with van der Waals surface area (Å²) in [6.45, 7) is 0.236. The first-order chi connectivity index (χ1) is 10.0. The van der Waals surface area contributed by atoms with E-state index in [4.69, 9.17) is 9.47 Å². The van der Waals surface area contributed by atoms with Gasteiger partial charge in [0, 0.05) is 18.7 Å². The molecule has 0 aromatic heterocycles. The number of benzene rings is 1. The third kappa shape index (κ3) is 3.14. The number of sulfonamides is 1. The van der Waals surface area contributed by atoms with Crippen LogP contribution in [0.5, 0.6) is 11.5 Å². The maximum Gasteiger partial charge on any atom is 0.247 e. The van der Waals surface area contributed by atoms with E-state index in [1.165, 1.54) is 24.6 Å². The van der Waals surface area contributed by atoms with Gasteiger partial charge in [0.2, 0.25) is 10.0 Å². The summed E-state index contributed by atoms with van der Waals surface area (Å²) >= 11 is 0. The van der Waals surface area contributed by atoms with Crippen molar-refractivity contribution in [1.82, 2.24) is 4.31 Å². The van der Waals surface area contributed by atoms with Crippen LogP contribution in [0.4, 0.5) is 0 Å². The second-order valence-electron chi connectivity index (χ2n) is 4.96. The molecule has 0 amide bonds. The summed E-state index contributed by atoms with van der Waals surface area (Å²) in [4.78, 5) is 0.0738. The highest BCUT2D eigenvalue weighted by Crippen LogP contribution is 2.33. The van der Waals surface area contributed by atoms with Crippen LogP contribution in [0.1, 0.15) is 19.3 Å². The minimum absolute atomic E-state index is 0.0738. The van der Waals surface area contributed by atoms with Crippen molar-refractivity contribution in [3.63, 3.8) is 0 Å². The van der Waals surface area contributed by atoms with E-state index < -0.39 is 10.0 Å². The van der Waals surface area contributed by atoms with Gasteiger partial charge in [-0.25, -0.2) is 8.42 Å². The van der Waals surface area contributed by atoms with Crippen LogP contribution in [0.3, 0.4) is 0 Å². The summed E-state index contributed by atoms with van der Waals surface area (Å²) in [6, 6.07) is 4.30. The lowest BCUT2D eigenvalue weighted by atomic mass is 10.1. The van der Waals surface area contributed by atoms with E-state index >= 15 is 0 Å². The topological polar surface area (TPSA) is 76.1 Å². The summed E-state index contributed by atoms with van der Waals surface area (Å²) < 4.78 is 37.4. The van der Waals surface area contributed by atoms with Gasteiger partial charge < -0.3 is 14.6 Å².